The number of carbonyl (C=O) groups excluding carboxylic acids is 1. The lowest BCUT2D eigenvalue weighted by Crippen LogP contribution is -2.51. The van der Waals surface area contributed by atoms with Gasteiger partial charge < -0.3 is 15.5 Å². The van der Waals surface area contributed by atoms with Gasteiger partial charge >= 0.3 is 0 Å². The fourth-order valence-electron chi connectivity index (χ4n) is 6.09. The van der Waals surface area contributed by atoms with Crippen molar-refractivity contribution < 1.29 is 4.79 Å². The van der Waals surface area contributed by atoms with Crippen LogP contribution in [0.4, 0.5) is 0 Å². The molecule has 220 valence electrons. The molecule has 3 unspecified atom stereocenters. The van der Waals surface area contributed by atoms with Gasteiger partial charge in [0.25, 0.3) is 5.91 Å². The third-order valence-corrected chi connectivity index (χ3v) is 9.56. The van der Waals surface area contributed by atoms with E-state index in [1.807, 2.05) is 43.0 Å². The summed E-state index contributed by atoms with van der Waals surface area (Å²) in [6.45, 7) is 18.9. The van der Waals surface area contributed by atoms with Crippen molar-refractivity contribution in [2.24, 2.45) is 17.8 Å². The highest BCUT2D eigenvalue weighted by atomic mass is 32.2. The summed E-state index contributed by atoms with van der Waals surface area (Å²) in [5.41, 5.74) is 2.00. The normalized spacial score (nSPS) is 22.6. The van der Waals surface area contributed by atoms with E-state index in [2.05, 4.69) is 87.1 Å². The fourth-order valence-corrected chi connectivity index (χ4v) is 7.22. The van der Waals surface area contributed by atoms with Gasteiger partial charge in [0.2, 0.25) is 0 Å². The van der Waals surface area contributed by atoms with Crippen LogP contribution in [0.2, 0.25) is 0 Å². The molecule has 1 aliphatic carbocycles. The maximum Gasteiger partial charge on any atom is 0.251 e. The zero-order valence-corrected chi connectivity index (χ0v) is 26.6. The van der Waals surface area contributed by atoms with Crippen molar-refractivity contribution in [3.63, 3.8) is 0 Å². The van der Waals surface area contributed by atoms with Gasteiger partial charge in [-0.25, -0.2) is 0 Å². The molecule has 2 N–H and O–H groups in total. The largest absolute Gasteiger partial charge is 0.387 e. The number of rotatable bonds is 9. The summed E-state index contributed by atoms with van der Waals surface area (Å²) < 4.78 is 0. The molecule has 2 fully saturated rings. The van der Waals surface area contributed by atoms with E-state index in [1.165, 1.54) is 43.5 Å². The second-order valence-corrected chi connectivity index (χ2v) is 14.0. The summed E-state index contributed by atoms with van der Waals surface area (Å²) in [7, 11) is 0. The van der Waals surface area contributed by atoms with E-state index >= 15 is 0 Å². The number of thioether (sulfide) groups is 1. The average molecular weight is 564 g/mol. The molecule has 2 aromatic rings. The Morgan fingerprint density at radius 3 is 2.35 bits per heavy atom. The van der Waals surface area contributed by atoms with Crippen LogP contribution in [0.15, 0.2) is 72.3 Å². The molecule has 0 bridgehead atoms. The quantitative estimate of drug-likeness (QED) is 0.304. The number of nitrogens with one attached hydrogen (secondary N) is 2. The first-order valence-electron chi connectivity index (χ1n) is 15.2. The van der Waals surface area contributed by atoms with Crippen molar-refractivity contribution >= 4 is 17.7 Å². The number of piperidine rings is 1. The lowest BCUT2D eigenvalue weighted by atomic mass is 9.73. The Labute approximate surface area is 248 Å². The SMILES string of the molecule is C=CNC(C)(C)C.Cc1ccccc1C(=O)NC(CSc1ccccc1)C(C)CN1C[C@H]2CCCC[C@H]2CC1C. The monoisotopic (exact) mass is 563 g/mol. The Bertz CT molecular complexity index is 1050. The van der Waals surface area contributed by atoms with E-state index in [-0.39, 0.29) is 17.5 Å². The summed E-state index contributed by atoms with van der Waals surface area (Å²) >= 11 is 1.85. The van der Waals surface area contributed by atoms with E-state index in [4.69, 9.17) is 0 Å². The van der Waals surface area contributed by atoms with E-state index in [0.29, 0.717) is 12.0 Å². The van der Waals surface area contributed by atoms with Gasteiger partial charge in [0, 0.05) is 46.9 Å². The molecule has 5 heteroatoms. The first kappa shape index (κ1) is 32.3. The van der Waals surface area contributed by atoms with Gasteiger partial charge in [-0.3, -0.25) is 4.79 Å². The van der Waals surface area contributed by atoms with Gasteiger partial charge in [-0.2, -0.15) is 0 Å². The predicted octanol–water partition coefficient (Wildman–Crippen LogP) is 7.94. The maximum absolute atomic E-state index is 13.2. The van der Waals surface area contributed by atoms with Crippen molar-refractivity contribution in [2.45, 2.75) is 96.2 Å². The number of carbonyl (C=O) groups is 1. The van der Waals surface area contributed by atoms with Crippen LogP contribution in [0.25, 0.3) is 0 Å². The molecule has 1 saturated heterocycles. The van der Waals surface area contributed by atoms with E-state index in [9.17, 15) is 4.79 Å². The number of hydrogen-bond donors (Lipinski definition) is 2. The van der Waals surface area contributed by atoms with Gasteiger partial charge in [0.05, 0.1) is 0 Å². The molecule has 40 heavy (non-hydrogen) atoms. The lowest BCUT2D eigenvalue weighted by molar-refractivity contribution is 0.0341. The summed E-state index contributed by atoms with van der Waals surface area (Å²) in [4.78, 5) is 17.2. The maximum atomic E-state index is 13.2. The van der Waals surface area contributed by atoms with Gasteiger partial charge in [0.15, 0.2) is 0 Å². The minimum atomic E-state index is 0.0534. The fraction of sp³-hybridized carbons (Fsp3) is 0.571. The van der Waals surface area contributed by atoms with Crippen LogP contribution in [0, 0.1) is 24.7 Å². The minimum Gasteiger partial charge on any atom is -0.387 e. The van der Waals surface area contributed by atoms with Gasteiger partial charge in [0.1, 0.15) is 0 Å². The second kappa shape index (κ2) is 15.7. The highest BCUT2D eigenvalue weighted by Crippen LogP contribution is 2.38. The first-order chi connectivity index (χ1) is 19.1. The molecule has 2 aliphatic rings. The number of amides is 1. The topological polar surface area (TPSA) is 44.4 Å². The highest BCUT2D eigenvalue weighted by molar-refractivity contribution is 7.99. The first-order valence-corrected chi connectivity index (χ1v) is 16.2. The molecule has 1 amide bonds. The summed E-state index contributed by atoms with van der Waals surface area (Å²) in [6.07, 6.45) is 8.72. The van der Waals surface area contributed by atoms with Crippen LogP contribution in [0.5, 0.6) is 0 Å². The number of likely N-dealkylation sites (tertiary alicyclic amines) is 1. The standard InChI is InChI=1S/C29H40N2OS.C6H13N/c1-21-11-7-10-16-27(21)29(32)30-28(20-33-26-14-5-4-6-15-26)22(2)18-31-19-25-13-9-8-12-24(25)17-23(31)3;1-5-7-6(2,3)4/h4-7,10-11,14-16,22-25,28H,8-9,12-13,17-20H2,1-3H3,(H,30,32);5,7H,1H2,2-4H3/t22?,23?,24-,25+,28?;/m0./s1. The van der Waals surface area contributed by atoms with Gasteiger partial charge in [-0.05, 0) is 95.2 Å². The highest BCUT2D eigenvalue weighted by Gasteiger charge is 2.36. The van der Waals surface area contributed by atoms with Crippen LogP contribution in [0.1, 0.15) is 82.6 Å². The zero-order chi connectivity index (χ0) is 29.1. The second-order valence-electron chi connectivity index (χ2n) is 12.9. The number of nitrogens with zero attached hydrogens (tertiary/aromatic N) is 1. The number of benzene rings is 2. The molecular weight excluding hydrogens is 510 g/mol. The third kappa shape index (κ3) is 10.3. The van der Waals surface area contributed by atoms with Crippen LogP contribution < -0.4 is 10.6 Å². The number of hydrogen-bond acceptors (Lipinski definition) is 4. The van der Waals surface area contributed by atoms with Crippen molar-refractivity contribution in [1.29, 1.82) is 0 Å². The zero-order valence-electron chi connectivity index (χ0n) is 25.8. The Kier molecular flexibility index (Phi) is 12.6. The summed E-state index contributed by atoms with van der Waals surface area (Å²) in [6, 6.07) is 19.2. The molecule has 5 atom stereocenters. The van der Waals surface area contributed by atoms with E-state index in [0.717, 1.165) is 35.3 Å². The Morgan fingerprint density at radius 2 is 1.73 bits per heavy atom. The van der Waals surface area contributed by atoms with Crippen molar-refractivity contribution in [3.8, 4) is 0 Å². The molecule has 2 aromatic carbocycles. The lowest BCUT2D eigenvalue weighted by Gasteiger charge is -2.46. The van der Waals surface area contributed by atoms with E-state index in [1.54, 1.807) is 6.20 Å². The molecule has 1 saturated carbocycles. The van der Waals surface area contributed by atoms with Crippen LogP contribution in [-0.2, 0) is 0 Å². The van der Waals surface area contributed by atoms with Crippen molar-refractivity contribution in [2.75, 3.05) is 18.8 Å². The van der Waals surface area contributed by atoms with Crippen LogP contribution in [-0.4, -0.2) is 47.3 Å². The van der Waals surface area contributed by atoms with Gasteiger partial charge in [-0.1, -0.05) is 69.2 Å². The molecular formula is C35H53N3OS. The van der Waals surface area contributed by atoms with Crippen molar-refractivity contribution in [3.05, 3.63) is 78.5 Å². The predicted molar refractivity (Wildman–Crippen MR) is 173 cm³/mol. The average Bonchev–Trinajstić information content (AvgIpc) is 2.91. The van der Waals surface area contributed by atoms with Crippen molar-refractivity contribution in [1.82, 2.24) is 15.5 Å². The molecule has 1 aliphatic heterocycles. The molecule has 1 heterocycles. The van der Waals surface area contributed by atoms with Crippen LogP contribution in [0.3, 0.4) is 0 Å². The Morgan fingerprint density at radius 1 is 1.07 bits per heavy atom. The molecule has 4 nitrogen and oxygen atoms in total. The summed E-state index contributed by atoms with van der Waals surface area (Å²) in [5, 5.41) is 6.47. The number of aryl methyl sites for hydroxylation is 1. The molecule has 0 radical (unpaired) electrons. The van der Waals surface area contributed by atoms with Gasteiger partial charge in [-0.15, -0.1) is 11.8 Å². The molecule has 0 spiro atoms. The Hall–Kier alpha value is -2.24. The van der Waals surface area contributed by atoms with E-state index < -0.39 is 0 Å². The molecule has 4 rings (SSSR count). The molecule has 0 aromatic heterocycles. The third-order valence-electron chi connectivity index (χ3n) is 8.43. The van der Waals surface area contributed by atoms with Crippen LogP contribution >= 0.6 is 11.8 Å². The summed E-state index contributed by atoms with van der Waals surface area (Å²) in [5.74, 6) is 3.14. The minimum absolute atomic E-state index is 0.0534. The smallest absolute Gasteiger partial charge is 0.251 e. The number of fused-ring (bicyclic) bond motifs is 1. The Balaban J connectivity index is 0.000000559.